The van der Waals surface area contributed by atoms with Gasteiger partial charge in [0.05, 0.1) is 6.61 Å². The molecule has 0 saturated carbocycles. The zero-order valence-corrected chi connectivity index (χ0v) is 6.25. The summed E-state index contributed by atoms with van der Waals surface area (Å²) >= 11 is 0. The summed E-state index contributed by atoms with van der Waals surface area (Å²) in [5.41, 5.74) is 5.25. The Hall–Kier alpha value is -0.850. The lowest BCUT2D eigenvalue weighted by Crippen LogP contribution is -2.35. The average Bonchev–Trinajstić information content (AvgIpc) is 2.51. The zero-order valence-electron chi connectivity index (χ0n) is 6.25. The molecule has 0 radical (unpaired) electrons. The predicted molar refractivity (Wildman–Crippen MR) is 38.2 cm³/mol. The van der Waals surface area contributed by atoms with Crippen LogP contribution in [0.3, 0.4) is 0 Å². The maximum Gasteiger partial charge on any atom is 0.285 e. The standard InChI is InChI=1S/C6H10N2O4/c7-6-8-5-4(12-6)3(10)2(1-9)11-5/h2-5,9-10H,1H2,(H2,7,8)/t2-,3+,4?,5-/m1/s1. The first-order chi connectivity index (χ1) is 5.72. The first kappa shape index (κ1) is 7.78. The molecule has 2 aliphatic rings. The summed E-state index contributed by atoms with van der Waals surface area (Å²) in [4.78, 5) is 3.78. The normalized spacial score (nSPS) is 45.3. The van der Waals surface area contributed by atoms with Crippen LogP contribution in [-0.2, 0) is 9.47 Å². The molecule has 0 spiro atoms. The van der Waals surface area contributed by atoms with E-state index in [2.05, 4.69) is 4.99 Å². The highest BCUT2D eigenvalue weighted by Gasteiger charge is 2.48. The number of amidine groups is 1. The van der Waals surface area contributed by atoms with Gasteiger partial charge in [0.25, 0.3) is 6.02 Å². The number of fused-ring (bicyclic) bond motifs is 1. The van der Waals surface area contributed by atoms with Crippen LogP contribution in [0.4, 0.5) is 0 Å². The van der Waals surface area contributed by atoms with Gasteiger partial charge in [-0.15, -0.1) is 0 Å². The highest BCUT2D eigenvalue weighted by Crippen LogP contribution is 2.28. The van der Waals surface area contributed by atoms with Gasteiger partial charge in [0.15, 0.2) is 12.3 Å². The summed E-state index contributed by atoms with van der Waals surface area (Å²) < 4.78 is 10.1. The van der Waals surface area contributed by atoms with Crippen LogP contribution < -0.4 is 5.73 Å². The van der Waals surface area contributed by atoms with Crippen molar-refractivity contribution >= 4 is 6.02 Å². The van der Waals surface area contributed by atoms with Crippen LogP contribution in [0.25, 0.3) is 0 Å². The van der Waals surface area contributed by atoms with E-state index in [1.165, 1.54) is 0 Å². The van der Waals surface area contributed by atoms with Crippen LogP contribution in [0.15, 0.2) is 4.99 Å². The van der Waals surface area contributed by atoms with Gasteiger partial charge in [-0.3, -0.25) is 0 Å². The molecule has 1 unspecified atom stereocenters. The van der Waals surface area contributed by atoms with Crippen molar-refractivity contribution in [3.05, 3.63) is 0 Å². The van der Waals surface area contributed by atoms with E-state index >= 15 is 0 Å². The zero-order chi connectivity index (χ0) is 8.72. The molecule has 0 aromatic carbocycles. The topological polar surface area (TPSA) is 97.3 Å². The second-order valence-electron chi connectivity index (χ2n) is 2.79. The van der Waals surface area contributed by atoms with Gasteiger partial charge in [-0.05, 0) is 0 Å². The number of ether oxygens (including phenoxy) is 2. The van der Waals surface area contributed by atoms with Crippen LogP contribution >= 0.6 is 0 Å². The summed E-state index contributed by atoms with van der Waals surface area (Å²) in [6, 6.07) is 0.0282. The third-order valence-electron chi connectivity index (χ3n) is 2.00. The minimum absolute atomic E-state index is 0.0282. The quantitative estimate of drug-likeness (QED) is 0.418. The van der Waals surface area contributed by atoms with Gasteiger partial charge in [0.2, 0.25) is 0 Å². The molecule has 2 rings (SSSR count). The third kappa shape index (κ3) is 0.961. The van der Waals surface area contributed by atoms with Gasteiger partial charge in [0, 0.05) is 0 Å². The SMILES string of the molecule is NC1=N[C@@H]2O[C@H](CO)[C@H](O)C2O1. The molecule has 12 heavy (non-hydrogen) atoms. The summed E-state index contributed by atoms with van der Waals surface area (Å²) in [6.07, 6.45) is -2.58. The summed E-state index contributed by atoms with van der Waals surface area (Å²) in [5.74, 6) is 0. The second kappa shape index (κ2) is 2.58. The minimum atomic E-state index is -0.857. The van der Waals surface area contributed by atoms with Crippen molar-refractivity contribution in [1.82, 2.24) is 0 Å². The molecule has 2 aliphatic heterocycles. The average molecular weight is 174 g/mol. The summed E-state index contributed by atoms with van der Waals surface area (Å²) in [7, 11) is 0. The molecule has 1 saturated heterocycles. The number of nitrogens with zero attached hydrogens (tertiary/aromatic N) is 1. The Balaban J connectivity index is 2.10. The van der Waals surface area contributed by atoms with Crippen molar-refractivity contribution in [2.45, 2.75) is 24.5 Å². The molecule has 0 aromatic rings. The van der Waals surface area contributed by atoms with E-state index in [4.69, 9.17) is 20.3 Å². The van der Waals surface area contributed by atoms with Crippen molar-refractivity contribution in [2.75, 3.05) is 6.61 Å². The number of hydrogen-bond acceptors (Lipinski definition) is 6. The lowest BCUT2D eigenvalue weighted by molar-refractivity contribution is -0.0206. The monoisotopic (exact) mass is 174 g/mol. The van der Waals surface area contributed by atoms with E-state index in [1.807, 2.05) is 0 Å². The molecule has 2 heterocycles. The summed E-state index contributed by atoms with van der Waals surface area (Å²) in [5, 5.41) is 18.2. The Morgan fingerprint density at radius 3 is 2.92 bits per heavy atom. The number of rotatable bonds is 1. The Kier molecular flexibility index (Phi) is 1.67. The number of aliphatic hydroxyl groups is 2. The first-order valence-electron chi connectivity index (χ1n) is 3.66. The molecule has 1 fully saturated rings. The van der Waals surface area contributed by atoms with Gasteiger partial charge in [0.1, 0.15) is 12.2 Å². The minimum Gasteiger partial charge on any atom is -0.454 e. The molecule has 0 bridgehead atoms. The number of hydrogen-bond donors (Lipinski definition) is 3. The third-order valence-corrected chi connectivity index (χ3v) is 2.00. The van der Waals surface area contributed by atoms with Crippen molar-refractivity contribution in [3.8, 4) is 0 Å². The van der Waals surface area contributed by atoms with E-state index in [1.54, 1.807) is 0 Å². The molecule has 6 nitrogen and oxygen atoms in total. The van der Waals surface area contributed by atoms with Crippen LogP contribution in [0.1, 0.15) is 0 Å². The fraction of sp³-hybridized carbons (Fsp3) is 0.833. The number of aliphatic imine (C=N–C) groups is 1. The van der Waals surface area contributed by atoms with Gasteiger partial charge in [-0.2, -0.15) is 4.99 Å². The molecule has 0 aliphatic carbocycles. The predicted octanol–water partition coefficient (Wildman–Crippen LogP) is -2.22. The largest absolute Gasteiger partial charge is 0.454 e. The number of nitrogens with two attached hydrogens (primary N) is 1. The molecule has 6 heteroatoms. The fourth-order valence-corrected chi connectivity index (χ4v) is 1.40. The highest BCUT2D eigenvalue weighted by molar-refractivity contribution is 5.73. The van der Waals surface area contributed by atoms with Crippen LogP contribution in [0, 0.1) is 0 Å². The van der Waals surface area contributed by atoms with E-state index in [0.717, 1.165) is 0 Å². The Labute approximate surface area is 68.6 Å². The molecule has 4 N–H and O–H groups in total. The molecule has 4 atom stereocenters. The van der Waals surface area contributed by atoms with E-state index in [-0.39, 0.29) is 12.6 Å². The summed E-state index contributed by atoms with van der Waals surface area (Å²) in [6.45, 7) is -0.243. The maximum atomic E-state index is 9.44. The smallest absolute Gasteiger partial charge is 0.285 e. The molecular formula is C6H10N2O4. The Bertz CT molecular complexity index is 220. The fourth-order valence-electron chi connectivity index (χ4n) is 1.40. The van der Waals surface area contributed by atoms with E-state index in [0.29, 0.717) is 0 Å². The van der Waals surface area contributed by atoms with Crippen molar-refractivity contribution in [1.29, 1.82) is 0 Å². The van der Waals surface area contributed by atoms with E-state index in [9.17, 15) is 5.11 Å². The van der Waals surface area contributed by atoms with E-state index < -0.39 is 24.5 Å². The van der Waals surface area contributed by atoms with Crippen LogP contribution in [-0.4, -0.2) is 47.4 Å². The molecule has 0 aromatic heterocycles. The Morgan fingerprint density at radius 2 is 2.33 bits per heavy atom. The second-order valence-corrected chi connectivity index (χ2v) is 2.79. The van der Waals surface area contributed by atoms with Crippen molar-refractivity contribution in [3.63, 3.8) is 0 Å². The van der Waals surface area contributed by atoms with Crippen molar-refractivity contribution in [2.24, 2.45) is 10.7 Å². The van der Waals surface area contributed by atoms with Gasteiger partial charge < -0.3 is 25.4 Å². The Morgan fingerprint density at radius 1 is 1.58 bits per heavy atom. The number of aliphatic hydroxyl groups excluding tert-OH is 2. The molecule has 0 amide bonds. The van der Waals surface area contributed by atoms with Crippen molar-refractivity contribution < 1.29 is 19.7 Å². The van der Waals surface area contributed by atoms with Crippen LogP contribution in [0.5, 0.6) is 0 Å². The molecule has 68 valence electrons. The van der Waals surface area contributed by atoms with Gasteiger partial charge >= 0.3 is 0 Å². The molecular weight excluding hydrogens is 164 g/mol. The van der Waals surface area contributed by atoms with Crippen LogP contribution in [0.2, 0.25) is 0 Å². The van der Waals surface area contributed by atoms with Gasteiger partial charge in [-0.1, -0.05) is 0 Å². The highest BCUT2D eigenvalue weighted by atomic mass is 16.6. The first-order valence-corrected chi connectivity index (χ1v) is 3.66. The van der Waals surface area contributed by atoms with Gasteiger partial charge in [-0.25, -0.2) is 0 Å². The lowest BCUT2D eigenvalue weighted by Gasteiger charge is -2.13. The lowest BCUT2D eigenvalue weighted by atomic mass is 10.1. The maximum absolute atomic E-state index is 9.44.